The van der Waals surface area contributed by atoms with E-state index in [-0.39, 0.29) is 0 Å². The largest absolute Gasteiger partial charge is 0.427 e. The highest BCUT2D eigenvalue weighted by Crippen LogP contribution is 2.32. The van der Waals surface area contributed by atoms with Crippen LogP contribution in [0.15, 0.2) is 103 Å². The lowest BCUT2D eigenvalue weighted by atomic mass is 9.82. The molecule has 33 heavy (non-hydrogen) atoms. The molecule has 0 bridgehead atoms. The van der Waals surface area contributed by atoms with Crippen molar-refractivity contribution in [3.63, 3.8) is 0 Å². The second kappa shape index (κ2) is 9.39. The molecule has 0 aliphatic rings. The normalized spacial score (nSPS) is 11.9. The Hall–Kier alpha value is -3.14. The molecule has 0 heterocycles. The molecule has 0 aromatic heterocycles. The van der Waals surface area contributed by atoms with E-state index in [2.05, 4.69) is 78.9 Å². The Kier molecular flexibility index (Phi) is 6.55. The molecule has 0 saturated carbocycles. The molecule has 4 aromatic carbocycles. The van der Waals surface area contributed by atoms with E-state index in [9.17, 15) is 5.11 Å². The van der Waals surface area contributed by atoms with Crippen molar-refractivity contribution in [1.82, 2.24) is 0 Å². The van der Waals surface area contributed by atoms with Gasteiger partial charge in [-0.25, -0.2) is 0 Å². The summed E-state index contributed by atoms with van der Waals surface area (Å²) >= 11 is 0. The third-order valence-corrected chi connectivity index (χ3v) is 6.35. The van der Waals surface area contributed by atoms with Gasteiger partial charge in [0.05, 0.1) is 11.2 Å². The molecular formula is C30H30BO2. The Bertz CT molecular complexity index is 1130. The van der Waals surface area contributed by atoms with Crippen molar-refractivity contribution in [2.75, 3.05) is 0 Å². The molecule has 0 amide bonds. The number of benzene rings is 4. The molecule has 0 fully saturated rings. The van der Waals surface area contributed by atoms with Crippen molar-refractivity contribution in [3.05, 3.63) is 103 Å². The van der Waals surface area contributed by atoms with Gasteiger partial charge in [-0.05, 0) is 79.3 Å². The van der Waals surface area contributed by atoms with Crippen molar-refractivity contribution in [1.29, 1.82) is 0 Å². The molecule has 1 N–H and O–H groups in total. The van der Waals surface area contributed by atoms with E-state index in [1.54, 1.807) is 21.3 Å². The molecule has 0 aliphatic carbocycles. The summed E-state index contributed by atoms with van der Waals surface area (Å²) in [5, 5.41) is 10.3. The van der Waals surface area contributed by atoms with Gasteiger partial charge in [-0.1, -0.05) is 90.4 Å². The molecule has 3 heteroatoms. The summed E-state index contributed by atoms with van der Waals surface area (Å²) in [5.74, 6) is 0. The lowest BCUT2D eigenvalue weighted by Gasteiger charge is -2.37. The molecule has 0 atom stereocenters. The molecule has 0 aliphatic heterocycles. The standard InChI is InChI=1S/C30H30BO2/c1-29(2,32)30(3,4)33-31-28-17-15-24(16-18-28)27-20-25(22-11-7-5-8-12-22)19-26(21-27)23-13-9-6-10-14-23/h5-21,32H,1-4H3. The fourth-order valence-corrected chi connectivity index (χ4v) is 3.50. The van der Waals surface area contributed by atoms with Crippen LogP contribution < -0.4 is 5.46 Å². The van der Waals surface area contributed by atoms with Crippen molar-refractivity contribution in [2.45, 2.75) is 38.9 Å². The molecule has 4 aromatic rings. The van der Waals surface area contributed by atoms with Gasteiger partial charge in [0, 0.05) is 0 Å². The zero-order chi connectivity index (χ0) is 23.5. The second-order valence-electron chi connectivity index (χ2n) is 9.46. The minimum atomic E-state index is -0.949. The molecule has 0 saturated heterocycles. The highest BCUT2D eigenvalue weighted by Gasteiger charge is 2.35. The summed E-state index contributed by atoms with van der Waals surface area (Å²) in [6, 6.07) is 36.0. The molecule has 2 nitrogen and oxygen atoms in total. The lowest BCUT2D eigenvalue weighted by Crippen LogP contribution is -2.49. The first-order valence-electron chi connectivity index (χ1n) is 11.3. The fraction of sp³-hybridized carbons (Fsp3) is 0.200. The highest BCUT2D eigenvalue weighted by molar-refractivity contribution is 6.47. The Morgan fingerprint density at radius 3 is 1.33 bits per heavy atom. The molecule has 1 radical (unpaired) electrons. The van der Waals surface area contributed by atoms with Crippen LogP contribution >= 0.6 is 0 Å². The van der Waals surface area contributed by atoms with Gasteiger partial charge < -0.3 is 9.76 Å². The molecule has 4 rings (SSSR count). The smallest absolute Gasteiger partial charge is 0.330 e. The summed E-state index contributed by atoms with van der Waals surface area (Å²) in [4.78, 5) is 0. The molecular weight excluding hydrogens is 403 g/mol. The average molecular weight is 433 g/mol. The number of rotatable bonds is 7. The first-order valence-corrected chi connectivity index (χ1v) is 11.3. The van der Waals surface area contributed by atoms with Crippen LogP contribution in [0.5, 0.6) is 0 Å². The number of hydrogen-bond donors (Lipinski definition) is 1. The van der Waals surface area contributed by atoms with E-state index < -0.39 is 11.2 Å². The first kappa shape index (κ1) is 23.0. The van der Waals surface area contributed by atoms with Gasteiger partial charge in [-0.2, -0.15) is 0 Å². The van der Waals surface area contributed by atoms with Crippen LogP contribution in [0.4, 0.5) is 0 Å². The van der Waals surface area contributed by atoms with Gasteiger partial charge in [0.15, 0.2) is 0 Å². The van der Waals surface area contributed by atoms with Crippen LogP contribution in [0, 0.1) is 0 Å². The maximum atomic E-state index is 10.3. The number of hydrogen-bond acceptors (Lipinski definition) is 2. The van der Waals surface area contributed by atoms with E-state index in [0.717, 1.165) is 11.0 Å². The maximum Gasteiger partial charge on any atom is 0.330 e. The van der Waals surface area contributed by atoms with Crippen molar-refractivity contribution in [2.24, 2.45) is 0 Å². The topological polar surface area (TPSA) is 29.5 Å². The van der Waals surface area contributed by atoms with Crippen LogP contribution in [0.2, 0.25) is 0 Å². The zero-order valence-corrected chi connectivity index (χ0v) is 19.7. The van der Waals surface area contributed by atoms with Gasteiger partial charge >= 0.3 is 7.48 Å². The van der Waals surface area contributed by atoms with Gasteiger partial charge in [-0.3, -0.25) is 0 Å². The molecule has 165 valence electrons. The highest BCUT2D eigenvalue weighted by atomic mass is 16.5. The molecule has 0 spiro atoms. The van der Waals surface area contributed by atoms with Crippen molar-refractivity contribution < 1.29 is 9.76 Å². The Balaban J connectivity index is 1.65. The predicted octanol–water partition coefficient (Wildman–Crippen LogP) is 6.50. The number of aliphatic hydroxyl groups is 1. The third kappa shape index (κ3) is 5.44. The minimum absolute atomic E-state index is 0.694. The average Bonchev–Trinajstić information content (AvgIpc) is 2.83. The van der Waals surface area contributed by atoms with Crippen LogP contribution in [0.1, 0.15) is 27.7 Å². The van der Waals surface area contributed by atoms with Gasteiger partial charge in [0.2, 0.25) is 0 Å². The third-order valence-electron chi connectivity index (χ3n) is 6.35. The van der Waals surface area contributed by atoms with E-state index in [1.807, 2.05) is 38.1 Å². The SMILES string of the molecule is CC(C)(O)C(C)(C)O[B]c1ccc(-c2cc(-c3ccccc3)cc(-c3ccccc3)c2)cc1. The van der Waals surface area contributed by atoms with Crippen molar-refractivity contribution in [3.8, 4) is 33.4 Å². The van der Waals surface area contributed by atoms with Crippen LogP contribution in [0.25, 0.3) is 33.4 Å². The molecule has 0 unspecified atom stereocenters. The quantitative estimate of drug-likeness (QED) is 0.337. The van der Waals surface area contributed by atoms with Crippen LogP contribution in [0.3, 0.4) is 0 Å². The van der Waals surface area contributed by atoms with E-state index in [1.165, 1.54) is 27.8 Å². The summed E-state index contributed by atoms with van der Waals surface area (Å²) in [7, 11) is 1.72. The van der Waals surface area contributed by atoms with E-state index in [0.29, 0.717) is 0 Å². The van der Waals surface area contributed by atoms with Gasteiger partial charge in [0.25, 0.3) is 0 Å². The Labute approximate surface area is 198 Å². The second-order valence-corrected chi connectivity index (χ2v) is 9.46. The monoisotopic (exact) mass is 433 g/mol. The van der Waals surface area contributed by atoms with Crippen LogP contribution in [-0.2, 0) is 4.65 Å². The maximum absolute atomic E-state index is 10.3. The summed E-state index contributed by atoms with van der Waals surface area (Å²) in [6.45, 7) is 7.29. The Morgan fingerprint density at radius 2 is 0.939 bits per heavy atom. The summed E-state index contributed by atoms with van der Waals surface area (Å²) in [5.41, 5.74) is 6.40. The van der Waals surface area contributed by atoms with Crippen molar-refractivity contribution >= 4 is 12.9 Å². The van der Waals surface area contributed by atoms with Gasteiger partial charge in [-0.15, -0.1) is 0 Å². The first-order chi connectivity index (χ1) is 15.7. The lowest BCUT2D eigenvalue weighted by molar-refractivity contribution is -0.0893. The predicted molar refractivity (Wildman–Crippen MR) is 140 cm³/mol. The Morgan fingerprint density at radius 1 is 0.545 bits per heavy atom. The van der Waals surface area contributed by atoms with E-state index >= 15 is 0 Å². The zero-order valence-electron chi connectivity index (χ0n) is 19.7. The van der Waals surface area contributed by atoms with Gasteiger partial charge in [0.1, 0.15) is 0 Å². The summed E-state index contributed by atoms with van der Waals surface area (Å²) in [6.07, 6.45) is 0. The minimum Gasteiger partial charge on any atom is -0.427 e. The summed E-state index contributed by atoms with van der Waals surface area (Å²) < 4.78 is 5.90. The van der Waals surface area contributed by atoms with Crippen LogP contribution in [-0.4, -0.2) is 23.8 Å². The fourth-order valence-electron chi connectivity index (χ4n) is 3.50. The van der Waals surface area contributed by atoms with E-state index in [4.69, 9.17) is 4.65 Å².